The van der Waals surface area contributed by atoms with Crippen LogP contribution in [0.15, 0.2) is 17.5 Å². The van der Waals surface area contributed by atoms with Gasteiger partial charge in [-0.1, -0.05) is 6.07 Å². The molecular formula is C9H10F3NOS. The quantitative estimate of drug-likeness (QED) is 0.855. The summed E-state index contributed by atoms with van der Waals surface area (Å²) in [5.41, 5.74) is 0. The fourth-order valence-corrected chi connectivity index (χ4v) is 1.69. The lowest BCUT2D eigenvalue weighted by molar-refractivity contribution is -0.138. The van der Waals surface area contributed by atoms with E-state index in [2.05, 4.69) is 0 Å². The van der Waals surface area contributed by atoms with Gasteiger partial charge in [-0.05, 0) is 17.9 Å². The largest absolute Gasteiger partial charge is 0.405 e. The Morgan fingerprint density at radius 1 is 1.47 bits per heavy atom. The summed E-state index contributed by atoms with van der Waals surface area (Å²) >= 11 is 1.49. The minimum atomic E-state index is -4.33. The number of hydrogen-bond donors (Lipinski definition) is 1. The highest BCUT2D eigenvalue weighted by atomic mass is 32.1. The van der Waals surface area contributed by atoms with Crippen LogP contribution in [0.1, 0.15) is 11.3 Å². The zero-order valence-electron chi connectivity index (χ0n) is 7.80. The zero-order valence-corrected chi connectivity index (χ0v) is 8.62. The molecule has 0 bridgehead atoms. The summed E-state index contributed by atoms with van der Waals surface area (Å²) in [5, 5.41) is 3.69. The minimum absolute atomic E-state index is 0.0938. The van der Waals surface area contributed by atoms with Crippen molar-refractivity contribution in [2.45, 2.75) is 19.0 Å². The lowest BCUT2D eigenvalue weighted by atomic mass is 10.2. The molecule has 1 N–H and O–H groups in total. The normalized spacial score (nSPS) is 11.4. The average Bonchev–Trinajstić information content (AvgIpc) is 2.62. The molecule has 0 aliphatic heterocycles. The average molecular weight is 237 g/mol. The van der Waals surface area contributed by atoms with Crippen LogP contribution >= 0.6 is 11.3 Å². The summed E-state index contributed by atoms with van der Waals surface area (Å²) in [7, 11) is 0. The van der Waals surface area contributed by atoms with E-state index >= 15 is 0 Å². The van der Waals surface area contributed by atoms with Gasteiger partial charge in [-0.3, -0.25) is 4.79 Å². The van der Waals surface area contributed by atoms with Crippen molar-refractivity contribution in [1.82, 2.24) is 5.32 Å². The number of nitrogens with one attached hydrogen (secondary N) is 1. The molecule has 0 aliphatic carbocycles. The maximum Gasteiger partial charge on any atom is 0.405 e. The molecule has 0 aliphatic rings. The first-order chi connectivity index (χ1) is 6.97. The van der Waals surface area contributed by atoms with Gasteiger partial charge in [0.2, 0.25) is 5.91 Å². The molecule has 0 radical (unpaired) electrons. The molecule has 1 heterocycles. The standard InChI is InChI=1S/C9H10F3NOS/c10-9(11,12)6-13-8(14)4-3-7-2-1-5-15-7/h1-2,5H,3-4,6H2,(H,13,14). The van der Waals surface area contributed by atoms with E-state index in [1.165, 1.54) is 11.3 Å². The van der Waals surface area contributed by atoms with E-state index in [4.69, 9.17) is 0 Å². The van der Waals surface area contributed by atoms with Crippen LogP contribution in [0.5, 0.6) is 0 Å². The van der Waals surface area contributed by atoms with Crippen LogP contribution in [0.4, 0.5) is 13.2 Å². The van der Waals surface area contributed by atoms with E-state index in [-0.39, 0.29) is 6.42 Å². The van der Waals surface area contributed by atoms with E-state index < -0.39 is 18.6 Å². The number of thiophene rings is 1. The first-order valence-corrected chi connectivity index (χ1v) is 5.21. The summed E-state index contributed by atoms with van der Waals surface area (Å²) in [5.74, 6) is -0.569. The second-order valence-electron chi connectivity index (χ2n) is 2.97. The van der Waals surface area contributed by atoms with Crippen molar-refractivity contribution in [2.75, 3.05) is 6.54 Å². The molecule has 2 nitrogen and oxygen atoms in total. The van der Waals surface area contributed by atoms with Crippen molar-refractivity contribution in [3.05, 3.63) is 22.4 Å². The number of aryl methyl sites for hydroxylation is 1. The molecule has 84 valence electrons. The van der Waals surface area contributed by atoms with E-state index in [1.807, 2.05) is 22.8 Å². The fourth-order valence-electron chi connectivity index (χ4n) is 0.979. The molecule has 0 fully saturated rings. The summed E-state index contributed by atoms with van der Waals surface area (Å²) in [6.07, 6.45) is -3.75. The summed E-state index contributed by atoms with van der Waals surface area (Å²) in [6.45, 7) is -1.25. The monoisotopic (exact) mass is 237 g/mol. The number of carbonyl (C=O) groups is 1. The summed E-state index contributed by atoms with van der Waals surface area (Å²) < 4.78 is 35.2. The highest BCUT2D eigenvalue weighted by Gasteiger charge is 2.27. The van der Waals surface area contributed by atoms with Gasteiger partial charge in [0.25, 0.3) is 0 Å². The van der Waals surface area contributed by atoms with Gasteiger partial charge < -0.3 is 5.32 Å². The molecule has 0 aromatic carbocycles. The van der Waals surface area contributed by atoms with Crippen molar-refractivity contribution in [3.8, 4) is 0 Å². The summed E-state index contributed by atoms with van der Waals surface area (Å²) in [6, 6.07) is 3.69. The highest BCUT2D eigenvalue weighted by Crippen LogP contribution is 2.13. The lowest BCUT2D eigenvalue weighted by Crippen LogP contribution is -2.33. The smallest absolute Gasteiger partial charge is 0.347 e. The molecule has 1 aromatic rings. The second kappa shape index (κ2) is 5.16. The first kappa shape index (κ1) is 12.0. The molecular weight excluding hydrogens is 227 g/mol. The highest BCUT2D eigenvalue weighted by molar-refractivity contribution is 7.09. The van der Waals surface area contributed by atoms with Gasteiger partial charge in [0.1, 0.15) is 6.54 Å². The Bertz CT molecular complexity index is 308. The van der Waals surface area contributed by atoms with Crippen LogP contribution in [0.3, 0.4) is 0 Å². The molecule has 0 spiro atoms. The van der Waals surface area contributed by atoms with Gasteiger partial charge in [0.15, 0.2) is 0 Å². The SMILES string of the molecule is O=C(CCc1cccs1)NCC(F)(F)F. The second-order valence-corrected chi connectivity index (χ2v) is 4.00. The van der Waals surface area contributed by atoms with Crippen molar-refractivity contribution in [2.24, 2.45) is 0 Å². The molecule has 0 atom stereocenters. The minimum Gasteiger partial charge on any atom is -0.347 e. The molecule has 1 amide bonds. The Kier molecular flexibility index (Phi) is 4.14. The van der Waals surface area contributed by atoms with Crippen LogP contribution in [-0.2, 0) is 11.2 Å². The van der Waals surface area contributed by atoms with Crippen molar-refractivity contribution < 1.29 is 18.0 Å². The Labute approximate surface area is 89.1 Å². The predicted octanol–water partition coefficient (Wildman–Crippen LogP) is 2.36. The van der Waals surface area contributed by atoms with E-state index in [0.29, 0.717) is 6.42 Å². The van der Waals surface area contributed by atoms with E-state index in [0.717, 1.165) is 4.88 Å². The number of rotatable bonds is 4. The van der Waals surface area contributed by atoms with Gasteiger partial charge >= 0.3 is 6.18 Å². The van der Waals surface area contributed by atoms with Gasteiger partial charge in [0, 0.05) is 11.3 Å². The Morgan fingerprint density at radius 3 is 2.73 bits per heavy atom. The van der Waals surface area contributed by atoms with Gasteiger partial charge in [-0.15, -0.1) is 11.3 Å². The van der Waals surface area contributed by atoms with Gasteiger partial charge in [0.05, 0.1) is 0 Å². The molecule has 1 aromatic heterocycles. The number of hydrogen-bond acceptors (Lipinski definition) is 2. The maximum atomic E-state index is 11.7. The maximum absolute atomic E-state index is 11.7. The zero-order chi connectivity index (χ0) is 11.3. The number of amides is 1. The lowest BCUT2D eigenvalue weighted by Gasteiger charge is -2.07. The molecule has 0 saturated heterocycles. The van der Waals surface area contributed by atoms with Crippen LogP contribution in [-0.4, -0.2) is 18.6 Å². The first-order valence-electron chi connectivity index (χ1n) is 4.33. The van der Waals surface area contributed by atoms with Crippen LogP contribution in [0.25, 0.3) is 0 Å². The van der Waals surface area contributed by atoms with Gasteiger partial charge in [-0.2, -0.15) is 13.2 Å². The molecule has 0 saturated carbocycles. The van der Waals surface area contributed by atoms with E-state index in [9.17, 15) is 18.0 Å². The summed E-state index contributed by atoms with van der Waals surface area (Å²) in [4.78, 5) is 12.0. The molecule has 15 heavy (non-hydrogen) atoms. The molecule has 1 rings (SSSR count). The topological polar surface area (TPSA) is 29.1 Å². The van der Waals surface area contributed by atoms with Crippen molar-refractivity contribution >= 4 is 17.2 Å². The predicted molar refractivity (Wildman–Crippen MR) is 51.7 cm³/mol. The third-order valence-corrected chi connectivity index (χ3v) is 2.60. The third kappa shape index (κ3) is 5.41. The Morgan fingerprint density at radius 2 is 2.20 bits per heavy atom. The number of halogens is 3. The van der Waals surface area contributed by atoms with Crippen molar-refractivity contribution in [3.63, 3.8) is 0 Å². The Hall–Kier alpha value is -1.04. The fraction of sp³-hybridized carbons (Fsp3) is 0.444. The Balaban J connectivity index is 2.20. The number of alkyl halides is 3. The van der Waals surface area contributed by atoms with Crippen LogP contribution < -0.4 is 5.32 Å². The molecule has 0 unspecified atom stereocenters. The van der Waals surface area contributed by atoms with Crippen molar-refractivity contribution in [1.29, 1.82) is 0 Å². The third-order valence-electron chi connectivity index (χ3n) is 1.66. The van der Waals surface area contributed by atoms with Crippen LogP contribution in [0, 0.1) is 0 Å². The number of carbonyl (C=O) groups excluding carboxylic acids is 1. The van der Waals surface area contributed by atoms with Crippen LogP contribution in [0.2, 0.25) is 0 Å². The van der Waals surface area contributed by atoms with Gasteiger partial charge in [-0.25, -0.2) is 0 Å². The van der Waals surface area contributed by atoms with E-state index in [1.54, 1.807) is 0 Å². The molecule has 6 heteroatoms.